The van der Waals surface area contributed by atoms with E-state index < -0.39 is 0 Å². The summed E-state index contributed by atoms with van der Waals surface area (Å²) in [6.45, 7) is 1.98. The number of aromatic nitrogens is 1. The first-order chi connectivity index (χ1) is 11.8. The fourth-order valence-corrected chi connectivity index (χ4v) is 3.69. The minimum atomic E-state index is 0.0166. The molecule has 1 saturated heterocycles. The van der Waals surface area contributed by atoms with Crippen LogP contribution in [0.4, 0.5) is 11.5 Å². The second-order valence-corrected chi connectivity index (χ2v) is 7.15. The Hall–Kier alpha value is -1.92. The summed E-state index contributed by atoms with van der Waals surface area (Å²) in [6.07, 6.45) is 4.91. The van der Waals surface area contributed by atoms with Crippen LogP contribution in [0.1, 0.15) is 24.1 Å². The number of aliphatic hydroxyl groups excluding tert-OH is 1. The van der Waals surface area contributed by atoms with Gasteiger partial charge in [-0.2, -0.15) is 0 Å². The first-order valence-electron chi connectivity index (χ1n) is 8.39. The highest BCUT2D eigenvalue weighted by atomic mass is 32.1. The van der Waals surface area contributed by atoms with Gasteiger partial charge >= 0.3 is 0 Å². The van der Waals surface area contributed by atoms with Crippen molar-refractivity contribution in [1.29, 1.82) is 0 Å². The number of pyridine rings is 1. The molecule has 2 aromatic rings. The number of carbonyl (C=O) groups excluding carboxylic acids is 1. The number of thiophene rings is 1. The number of rotatable bonds is 6. The molecule has 5 nitrogen and oxygen atoms in total. The van der Waals surface area contributed by atoms with Crippen molar-refractivity contribution in [1.82, 2.24) is 4.98 Å². The van der Waals surface area contributed by atoms with Crippen LogP contribution < -0.4 is 10.2 Å². The molecule has 128 valence electrons. The third-order valence-corrected chi connectivity index (χ3v) is 5.35. The third kappa shape index (κ3) is 4.33. The molecule has 3 rings (SSSR count). The summed E-state index contributed by atoms with van der Waals surface area (Å²) in [7, 11) is 0. The lowest BCUT2D eigenvalue weighted by Gasteiger charge is -2.33. The molecule has 0 saturated carbocycles. The van der Waals surface area contributed by atoms with Crippen molar-refractivity contribution >= 4 is 28.7 Å². The van der Waals surface area contributed by atoms with Crippen LogP contribution in [0, 0.1) is 5.92 Å². The number of amides is 1. The Morgan fingerprint density at radius 1 is 1.33 bits per heavy atom. The van der Waals surface area contributed by atoms with Gasteiger partial charge in [-0.25, -0.2) is 4.98 Å². The summed E-state index contributed by atoms with van der Waals surface area (Å²) in [4.78, 5) is 20.1. The Bertz CT molecular complexity index is 652. The fourth-order valence-electron chi connectivity index (χ4n) is 2.98. The predicted octanol–water partition coefficient (Wildman–Crippen LogP) is 2.92. The molecule has 24 heavy (non-hydrogen) atoms. The van der Waals surface area contributed by atoms with Gasteiger partial charge in [0.2, 0.25) is 5.91 Å². The van der Waals surface area contributed by atoms with Gasteiger partial charge < -0.3 is 15.3 Å². The van der Waals surface area contributed by atoms with Gasteiger partial charge in [0.05, 0.1) is 5.69 Å². The molecule has 0 radical (unpaired) electrons. The molecule has 0 aliphatic carbocycles. The van der Waals surface area contributed by atoms with E-state index >= 15 is 0 Å². The minimum Gasteiger partial charge on any atom is -0.396 e. The van der Waals surface area contributed by atoms with Crippen LogP contribution in [-0.2, 0) is 11.2 Å². The van der Waals surface area contributed by atoms with Crippen LogP contribution in [0.15, 0.2) is 35.8 Å². The van der Waals surface area contributed by atoms with Gasteiger partial charge in [-0.15, -0.1) is 11.3 Å². The van der Waals surface area contributed by atoms with E-state index in [9.17, 15) is 9.90 Å². The zero-order valence-electron chi connectivity index (χ0n) is 13.6. The topological polar surface area (TPSA) is 65.5 Å². The number of aryl methyl sites for hydroxylation is 1. The molecule has 2 aromatic heterocycles. The van der Waals surface area contributed by atoms with Gasteiger partial charge in [-0.05, 0) is 48.8 Å². The van der Waals surface area contributed by atoms with Gasteiger partial charge in [0, 0.05) is 37.2 Å². The molecule has 2 N–H and O–H groups in total. The molecular weight excluding hydrogens is 322 g/mol. The second-order valence-electron chi connectivity index (χ2n) is 6.12. The number of nitrogens with zero attached hydrogens (tertiary/aromatic N) is 2. The Morgan fingerprint density at radius 2 is 2.17 bits per heavy atom. The molecule has 0 aromatic carbocycles. The van der Waals surface area contributed by atoms with Crippen LogP contribution in [-0.4, -0.2) is 35.7 Å². The van der Waals surface area contributed by atoms with E-state index in [1.54, 1.807) is 17.5 Å². The highest BCUT2D eigenvalue weighted by molar-refractivity contribution is 7.09. The minimum absolute atomic E-state index is 0.0166. The molecule has 0 spiro atoms. The van der Waals surface area contributed by atoms with E-state index in [2.05, 4.69) is 21.3 Å². The van der Waals surface area contributed by atoms with Gasteiger partial charge in [-0.1, -0.05) is 6.07 Å². The third-order valence-electron chi connectivity index (χ3n) is 4.41. The SMILES string of the molecule is O=C(CCc1cccs1)Nc1cccnc1N1CCC(CO)CC1. The summed E-state index contributed by atoms with van der Waals surface area (Å²) in [5.74, 6) is 1.23. The number of piperidine rings is 1. The number of aliphatic hydroxyl groups is 1. The van der Waals surface area contributed by atoms with Crippen LogP contribution in [0.2, 0.25) is 0 Å². The van der Waals surface area contributed by atoms with E-state index in [0.717, 1.165) is 43.9 Å². The van der Waals surface area contributed by atoms with E-state index in [1.165, 1.54) is 4.88 Å². The summed E-state index contributed by atoms with van der Waals surface area (Å²) >= 11 is 1.68. The maximum absolute atomic E-state index is 12.3. The van der Waals surface area contributed by atoms with Crippen LogP contribution in [0.5, 0.6) is 0 Å². The van der Waals surface area contributed by atoms with E-state index in [4.69, 9.17) is 0 Å². The fraction of sp³-hybridized carbons (Fsp3) is 0.444. The van der Waals surface area contributed by atoms with Crippen molar-refractivity contribution in [2.24, 2.45) is 5.92 Å². The van der Waals surface area contributed by atoms with Crippen molar-refractivity contribution in [3.63, 3.8) is 0 Å². The van der Waals surface area contributed by atoms with Gasteiger partial charge in [0.1, 0.15) is 0 Å². The lowest BCUT2D eigenvalue weighted by Crippen LogP contribution is -2.35. The zero-order chi connectivity index (χ0) is 16.8. The van der Waals surface area contributed by atoms with Crippen molar-refractivity contribution in [3.05, 3.63) is 40.7 Å². The number of hydrogen-bond acceptors (Lipinski definition) is 5. The van der Waals surface area contributed by atoms with Gasteiger partial charge in [0.15, 0.2) is 5.82 Å². The molecule has 6 heteroatoms. The highest BCUT2D eigenvalue weighted by Crippen LogP contribution is 2.27. The second kappa shape index (κ2) is 8.26. The molecule has 0 bridgehead atoms. The largest absolute Gasteiger partial charge is 0.396 e. The lowest BCUT2D eigenvalue weighted by atomic mass is 9.98. The zero-order valence-corrected chi connectivity index (χ0v) is 14.5. The van der Waals surface area contributed by atoms with E-state index in [0.29, 0.717) is 12.3 Å². The quantitative estimate of drug-likeness (QED) is 0.845. The maximum Gasteiger partial charge on any atom is 0.224 e. The van der Waals surface area contributed by atoms with E-state index in [-0.39, 0.29) is 12.5 Å². The van der Waals surface area contributed by atoms with E-state index in [1.807, 2.05) is 23.6 Å². The lowest BCUT2D eigenvalue weighted by molar-refractivity contribution is -0.116. The molecule has 1 amide bonds. The first kappa shape index (κ1) is 16.9. The number of carbonyl (C=O) groups is 1. The standard InChI is InChI=1S/C18H23N3O2S/c22-13-14-7-10-21(11-8-14)18-16(4-1-9-19-18)20-17(23)6-5-15-3-2-12-24-15/h1-4,9,12,14,22H,5-8,10-11,13H2,(H,20,23). The first-order valence-corrected chi connectivity index (χ1v) is 9.27. The molecule has 1 fully saturated rings. The number of hydrogen-bond donors (Lipinski definition) is 2. The molecule has 0 unspecified atom stereocenters. The van der Waals surface area contributed by atoms with Crippen LogP contribution in [0.3, 0.4) is 0 Å². The smallest absolute Gasteiger partial charge is 0.224 e. The van der Waals surface area contributed by atoms with Crippen molar-refractivity contribution in [3.8, 4) is 0 Å². The monoisotopic (exact) mass is 345 g/mol. The van der Waals surface area contributed by atoms with Crippen molar-refractivity contribution in [2.75, 3.05) is 29.9 Å². The number of nitrogens with one attached hydrogen (secondary N) is 1. The maximum atomic E-state index is 12.3. The molecule has 0 atom stereocenters. The average molecular weight is 345 g/mol. The van der Waals surface area contributed by atoms with Crippen molar-refractivity contribution in [2.45, 2.75) is 25.7 Å². The van der Waals surface area contributed by atoms with Crippen LogP contribution in [0.25, 0.3) is 0 Å². The Balaban J connectivity index is 1.60. The molecule has 1 aliphatic rings. The highest BCUT2D eigenvalue weighted by Gasteiger charge is 2.21. The Morgan fingerprint density at radius 3 is 2.88 bits per heavy atom. The average Bonchev–Trinajstić information content (AvgIpc) is 3.14. The Labute approximate surface area is 146 Å². The van der Waals surface area contributed by atoms with Gasteiger partial charge in [0.25, 0.3) is 0 Å². The normalized spacial score (nSPS) is 15.5. The van der Waals surface area contributed by atoms with Crippen LogP contribution >= 0.6 is 11.3 Å². The van der Waals surface area contributed by atoms with Crippen molar-refractivity contribution < 1.29 is 9.90 Å². The molecule has 3 heterocycles. The van der Waals surface area contributed by atoms with Gasteiger partial charge in [-0.3, -0.25) is 4.79 Å². The summed E-state index contributed by atoms with van der Waals surface area (Å²) in [5, 5.41) is 14.3. The molecule has 1 aliphatic heterocycles. The Kier molecular flexibility index (Phi) is 5.82. The summed E-state index contributed by atoms with van der Waals surface area (Å²) in [5.41, 5.74) is 0.774. The molecular formula is C18H23N3O2S. The summed E-state index contributed by atoms with van der Waals surface area (Å²) < 4.78 is 0. The number of anilines is 2. The summed E-state index contributed by atoms with van der Waals surface area (Å²) in [6, 6.07) is 7.81. The predicted molar refractivity (Wildman–Crippen MR) is 97.5 cm³/mol.